The molecule has 0 radical (unpaired) electrons. The second-order valence-corrected chi connectivity index (χ2v) is 5.76. The molecule has 2 N–H and O–H groups in total. The van der Waals surface area contributed by atoms with Gasteiger partial charge in [0.1, 0.15) is 17.5 Å². The van der Waals surface area contributed by atoms with Crippen LogP contribution in [0.25, 0.3) is 0 Å². The summed E-state index contributed by atoms with van der Waals surface area (Å²) in [7, 11) is 1.89. The van der Waals surface area contributed by atoms with Crippen LogP contribution in [0.15, 0.2) is 6.07 Å². The summed E-state index contributed by atoms with van der Waals surface area (Å²) in [5, 5.41) is 6.48. The molecule has 0 spiro atoms. The molecule has 1 aliphatic heterocycles. The van der Waals surface area contributed by atoms with Crippen LogP contribution in [0.2, 0.25) is 0 Å². The Balaban J connectivity index is 1.84. The van der Waals surface area contributed by atoms with Crippen molar-refractivity contribution in [3.05, 3.63) is 11.9 Å². The predicted molar refractivity (Wildman–Crippen MR) is 83.2 cm³/mol. The van der Waals surface area contributed by atoms with Crippen molar-refractivity contribution in [1.29, 1.82) is 0 Å². The Hall–Kier alpha value is -1.01. The van der Waals surface area contributed by atoms with Gasteiger partial charge < -0.3 is 10.6 Å². The minimum Gasteiger partial charge on any atom is -0.373 e. The highest BCUT2D eigenvalue weighted by atomic mass is 32.2. The van der Waals surface area contributed by atoms with Gasteiger partial charge in [0.05, 0.1) is 0 Å². The molecule has 1 aliphatic rings. The summed E-state index contributed by atoms with van der Waals surface area (Å²) in [6, 6.07) is 1.96. The molecule has 0 amide bonds. The van der Waals surface area contributed by atoms with Crippen molar-refractivity contribution in [1.82, 2.24) is 14.9 Å². The molecule has 0 atom stereocenters. The standard InChI is InChI=1S/C13H23N5S/c1-3-11-16-12(14-2)10-13(17-11)15-4-5-18-6-8-19-9-7-18/h10H,3-9H2,1-2H3,(H2,14,15,16,17). The lowest BCUT2D eigenvalue weighted by atomic mass is 10.4. The Labute approximate surface area is 119 Å². The molecule has 1 fully saturated rings. The number of anilines is 2. The van der Waals surface area contributed by atoms with Crippen molar-refractivity contribution >= 4 is 23.4 Å². The first kappa shape index (κ1) is 14.4. The van der Waals surface area contributed by atoms with Gasteiger partial charge in [-0.2, -0.15) is 11.8 Å². The van der Waals surface area contributed by atoms with Crippen LogP contribution in [0.4, 0.5) is 11.6 Å². The van der Waals surface area contributed by atoms with E-state index in [2.05, 4.69) is 32.4 Å². The quantitative estimate of drug-likeness (QED) is 0.825. The van der Waals surface area contributed by atoms with Crippen molar-refractivity contribution in [2.24, 2.45) is 0 Å². The van der Waals surface area contributed by atoms with Crippen LogP contribution in [0.3, 0.4) is 0 Å². The molecule has 5 nitrogen and oxygen atoms in total. The average molecular weight is 281 g/mol. The van der Waals surface area contributed by atoms with Crippen LogP contribution < -0.4 is 10.6 Å². The van der Waals surface area contributed by atoms with E-state index in [0.717, 1.165) is 37.0 Å². The maximum absolute atomic E-state index is 4.50. The largest absolute Gasteiger partial charge is 0.373 e. The second kappa shape index (κ2) is 7.55. The molecule has 0 aromatic carbocycles. The van der Waals surface area contributed by atoms with Crippen LogP contribution >= 0.6 is 11.8 Å². The monoisotopic (exact) mass is 281 g/mol. The highest BCUT2D eigenvalue weighted by molar-refractivity contribution is 7.99. The highest BCUT2D eigenvalue weighted by Crippen LogP contribution is 2.12. The van der Waals surface area contributed by atoms with Gasteiger partial charge in [0, 0.05) is 57.2 Å². The summed E-state index contributed by atoms with van der Waals surface area (Å²) in [4.78, 5) is 11.4. The van der Waals surface area contributed by atoms with Crippen LogP contribution in [0.5, 0.6) is 0 Å². The SMILES string of the molecule is CCc1nc(NC)cc(NCCN2CCSCC2)n1. The van der Waals surface area contributed by atoms with E-state index in [9.17, 15) is 0 Å². The number of aryl methyl sites for hydroxylation is 1. The Morgan fingerprint density at radius 3 is 2.68 bits per heavy atom. The van der Waals surface area contributed by atoms with E-state index < -0.39 is 0 Å². The van der Waals surface area contributed by atoms with E-state index in [0.29, 0.717) is 0 Å². The Bertz CT molecular complexity index is 370. The summed E-state index contributed by atoms with van der Waals surface area (Å²) in [5.74, 6) is 5.20. The lowest BCUT2D eigenvalue weighted by Gasteiger charge is -2.26. The van der Waals surface area contributed by atoms with E-state index in [1.165, 1.54) is 24.6 Å². The molecule has 1 saturated heterocycles. The fraction of sp³-hybridized carbons (Fsp3) is 0.692. The third kappa shape index (κ3) is 4.54. The van der Waals surface area contributed by atoms with Gasteiger partial charge in [0.2, 0.25) is 0 Å². The van der Waals surface area contributed by atoms with Crippen molar-refractivity contribution in [2.75, 3.05) is 55.4 Å². The topological polar surface area (TPSA) is 53.1 Å². The van der Waals surface area contributed by atoms with Crippen molar-refractivity contribution in [3.63, 3.8) is 0 Å². The third-order valence-electron chi connectivity index (χ3n) is 3.18. The van der Waals surface area contributed by atoms with Crippen LogP contribution in [0, 0.1) is 0 Å². The predicted octanol–water partition coefficient (Wildman–Crippen LogP) is 1.54. The van der Waals surface area contributed by atoms with Crippen molar-refractivity contribution in [2.45, 2.75) is 13.3 Å². The van der Waals surface area contributed by atoms with Crippen LogP contribution in [-0.2, 0) is 6.42 Å². The molecular formula is C13H23N5S. The van der Waals surface area contributed by atoms with Gasteiger partial charge in [-0.05, 0) is 0 Å². The highest BCUT2D eigenvalue weighted by Gasteiger charge is 2.09. The zero-order valence-corrected chi connectivity index (χ0v) is 12.6. The number of aromatic nitrogens is 2. The van der Waals surface area contributed by atoms with E-state index in [1.54, 1.807) is 0 Å². The first-order valence-corrected chi connectivity index (χ1v) is 8.07. The lowest BCUT2D eigenvalue weighted by molar-refractivity contribution is 0.314. The molecule has 0 aliphatic carbocycles. The van der Waals surface area contributed by atoms with Gasteiger partial charge >= 0.3 is 0 Å². The van der Waals surface area contributed by atoms with E-state index >= 15 is 0 Å². The second-order valence-electron chi connectivity index (χ2n) is 4.54. The average Bonchev–Trinajstić information content (AvgIpc) is 2.48. The molecule has 1 aromatic rings. The molecule has 2 rings (SSSR count). The maximum Gasteiger partial charge on any atom is 0.132 e. The Morgan fingerprint density at radius 1 is 1.26 bits per heavy atom. The Kier molecular flexibility index (Phi) is 5.72. The molecule has 0 unspecified atom stereocenters. The molecular weight excluding hydrogens is 258 g/mol. The number of thioether (sulfide) groups is 1. The summed E-state index contributed by atoms with van der Waals surface area (Å²) in [6.45, 7) is 6.51. The zero-order valence-electron chi connectivity index (χ0n) is 11.8. The van der Waals surface area contributed by atoms with E-state index in [1.807, 2.05) is 24.9 Å². The van der Waals surface area contributed by atoms with Crippen LogP contribution in [0.1, 0.15) is 12.7 Å². The van der Waals surface area contributed by atoms with Crippen molar-refractivity contribution < 1.29 is 0 Å². The van der Waals surface area contributed by atoms with Gasteiger partial charge in [-0.25, -0.2) is 9.97 Å². The first-order valence-electron chi connectivity index (χ1n) is 6.91. The minimum absolute atomic E-state index is 0.855. The molecule has 0 saturated carbocycles. The maximum atomic E-state index is 4.50. The molecule has 0 bridgehead atoms. The number of hydrogen-bond donors (Lipinski definition) is 2. The number of hydrogen-bond acceptors (Lipinski definition) is 6. The van der Waals surface area contributed by atoms with Gasteiger partial charge in [-0.15, -0.1) is 0 Å². The molecule has 2 heterocycles. The summed E-state index contributed by atoms with van der Waals surface area (Å²) in [6.07, 6.45) is 0.855. The normalized spacial score (nSPS) is 16.3. The molecule has 1 aromatic heterocycles. The number of nitrogens with one attached hydrogen (secondary N) is 2. The van der Waals surface area contributed by atoms with E-state index in [4.69, 9.17) is 0 Å². The first-order chi connectivity index (χ1) is 9.31. The molecule has 106 valence electrons. The zero-order chi connectivity index (χ0) is 13.5. The smallest absolute Gasteiger partial charge is 0.132 e. The lowest BCUT2D eigenvalue weighted by Crippen LogP contribution is -2.36. The number of rotatable bonds is 6. The fourth-order valence-electron chi connectivity index (χ4n) is 2.04. The minimum atomic E-state index is 0.855. The number of nitrogens with zero attached hydrogens (tertiary/aromatic N) is 3. The van der Waals surface area contributed by atoms with Gasteiger partial charge in [0.25, 0.3) is 0 Å². The summed E-state index contributed by atoms with van der Waals surface area (Å²) in [5.41, 5.74) is 0. The summed E-state index contributed by atoms with van der Waals surface area (Å²) >= 11 is 2.05. The Morgan fingerprint density at radius 2 is 2.00 bits per heavy atom. The summed E-state index contributed by atoms with van der Waals surface area (Å²) < 4.78 is 0. The van der Waals surface area contributed by atoms with Gasteiger partial charge in [-0.3, -0.25) is 4.90 Å². The third-order valence-corrected chi connectivity index (χ3v) is 4.13. The van der Waals surface area contributed by atoms with Gasteiger partial charge in [-0.1, -0.05) is 6.92 Å². The molecule has 19 heavy (non-hydrogen) atoms. The van der Waals surface area contributed by atoms with Gasteiger partial charge in [0.15, 0.2) is 0 Å². The molecule has 6 heteroatoms. The van der Waals surface area contributed by atoms with Crippen LogP contribution in [-0.4, -0.2) is 59.6 Å². The fourth-order valence-corrected chi connectivity index (χ4v) is 3.02. The van der Waals surface area contributed by atoms with Crippen molar-refractivity contribution in [3.8, 4) is 0 Å². The van der Waals surface area contributed by atoms with E-state index in [-0.39, 0.29) is 0 Å².